The summed E-state index contributed by atoms with van der Waals surface area (Å²) in [7, 11) is 0. The summed E-state index contributed by atoms with van der Waals surface area (Å²) in [6.07, 6.45) is -1.84. The predicted octanol–water partition coefficient (Wildman–Crippen LogP) is 2.77. The smallest absolute Gasteiger partial charge is 0.338 e. The maximum atomic E-state index is 12.5. The summed E-state index contributed by atoms with van der Waals surface area (Å²) in [5.74, 6) is -1.37. The minimum Gasteiger partial charge on any atom is -0.338 e. The van der Waals surface area contributed by atoms with Crippen molar-refractivity contribution in [3.05, 3.63) is 0 Å². The molecule has 1 fully saturated rings. The molecule has 0 aromatic rings. The number of halogens is 3. The molecule has 0 spiro atoms. The first kappa shape index (κ1) is 14.1. The lowest BCUT2D eigenvalue weighted by molar-refractivity contribution is -0.183. The zero-order valence-corrected chi connectivity index (χ0v) is 10.0. The number of alkyl halides is 3. The van der Waals surface area contributed by atoms with E-state index in [1.807, 2.05) is 6.92 Å². The van der Waals surface area contributed by atoms with Gasteiger partial charge in [0, 0.05) is 19.6 Å². The number of nitrogens with one attached hydrogen (secondary N) is 1. The second-order valence-corrected chi connectivity index (χ2v) is 4.41. The van der Waals surface area contributed by atoms with Gasteiger partial charge < -0.3 is 10.2 Å². The average Bonchev–Trinajstić information content (AvgIpc) is 2.28. The maximum Gasteiger partial charge on any atom is 0.393 e. The van der Waals surface area contributed by atoms with E-state index in [0.717, 1.165) is 12.8 Å². The number of urea groups is 1. The number of carbonyl (C=O) groups excluding carboxylic acids is 1. The molecule has 0 aliphatic carbocycles. The van der Waals surface area contributed by atoms with Crippen LogP contribution in [0.1, 0.15) is 32.6 Å². The summed E-state index contributed by atoms with van der Waals surface area (Å²) >= 11 is 0. The van der Waals surface area contributed by atoms with Crippen molar-refractivity contribution in [1.29, 1.82) is 0 Å². The Hall–Kier alpha value is -0.940. The van der Waals surface area contributed by atoms with E-state index in [2.05, 4.69) is 5.32 Å². The Kier molecular flexibility index (Phi) is 5.08. The van der Waals surface area contributed by atoms with Crippen molar-refractivity contribution < 1.29 is 18.0 Å². The first-order valence-electron chi connectivity index (χ1n) is 6.04. The van der Waals surface area contributed by atoms with Crippen LogP contribution in [0.5, 0.6) is 0 Å². The van der Waals surface area contributed by atoms with E-state index in [0.29, 0.717) is 19.5 Å². The Morgan fingerprint density at radius 1 is 1.47 bits per heavy atom. The van der Waals surface area contributed by atoms with Crippen LogP contribution in [-0.4, -0.2) is 36.7 Å². The third-order valence-corrected chi connectivity index (χ3v) is 2.98. The lowest BCUT2D eigenvalue weighted by atomic mass is 9.98. The van der Waals surface area contributed by atoms with E-state index in [4.69, 9.17) is 0 Å². The second kappa shape index (κ2) is 6.12. The van der Waals surface area contributed by atoms with E-state index in [-0.39, 0.29) is 19.0 Å². The van der Waals surface area contributed by atoms with Crippen molar-refractivity contribution in [2.45, 2.75) is 38.8 Å². The highest BCUT2D eigenvalue weighted by molar-refractivity contribution is 5.74. The van der Waals surface area contributed by atoms with Crippen LogP contribution in [0.2, 0.25) is 0 Å². The molecule has 0 aromatic carbocycles. The molecule has 1 atom stereocenters. The van der Waals surface area contributed by atoms with Gasteiger partial charge in [0.2, 0.25) is 0 Å². The molecular weight excluding hydrogens is 233 g/mol. The molecule has 0 radical (unpaired) electrons. The number of rotatable bonds is 3. The highest BCUT2D eigenvalue weighted by Crippen LogP contribution is 2.32. The van der Waals surface area contributed by atoms with Gasteiger partial charge in [-0.25, -0.2) is 4.79 Å². The average molecular weight is 252 g/mol. The van der Waals surface area contributed by atoms with Crippen LogP contribution in [0.3, 0.4) is 0 Å². The molecule has 0 saturated carbocycles. The SMILES string of the molecule is CCCCNC(=O)N1CCCC(C(F)(F)F)C1. The van der Waals surface area contributed by atoms with Gasteiger partial charge in [-0.1, -0.05) is 13.3 Å². The normalized spacial score (nSPS) is 21.4. The Balaban J connectivity index is 2.41. The van der Waals surface area contributed by atoms with Crippen molar-refractivity contribution in [1.82, 2.24) is 10.2 Å². The minimum absolute atomic E-state index is 0.127. The highest BCUT2D eigenvalue weighted by Gasteiger charge is 2.42. The molecule has 2 amide bonds. The summed E-state index contributed by atoms with van der Waals surface area (Å²) in [6, 6.07) is -0.368. The van der Waals surface area contributed by atoms with Crippen molar-refractivity contribution in [3.63, 3.8) is 0 Å². The van der Waals surface area contributed by atoms with Crippen LogP contribution < -0.4 is 5.32 Å². The lowest BCUT2D eigenvalue weighted by Gasteiger charge is -2.33. The summed E-state index contributed by atoms with van der Waals surface area (Å²) in [5.41, 5.74) is 0. The molecule has 1 unspecified atom stereocenters. The molecule has 1 saturated heterocycles. The first-order valence-corrected chi connectivity index (χ1v) is 6.04. The first-order chi connectivity index (χ1) is 7.95. The fourth-order valence-electron chi connectivity index (χ4n) is 1.91. The maximum absolute atomic E-state index is 12.5. The summed E-state index contributed by atoms with van der Waals surface area (Å²) in [5, 5.41) is 2.64. The lowest BCUT2D eigenvalue weighted by Crippen LogP contribution is -2.48. The highest BCUT2D eigenvalue weighted by atomic mass is 19.4. The molecule has 1 rings (SSSR count). The minimum atomic E-state index is -4.19. The number of unbranched alkanes of at least 4 members (excludes halogenated alkanes) is 1. The number of carbonyl (C=O) groups is 1. The van der Waals surface area contributed by atoms with Gasteiger partial charge in [0.05, 0.1) is 5.92 Å². The molecular formula is C11H19F3N2O. The van der Waals surface area contributed by atoms with E-state index in [9.17, 15) is 18.0 Å². The topological polar surface area (TPSA) is 32.3 Å². The predicted molar refractivity (Wildman–Crippen MR) is 58.7 cm³/mol. The van der Waals surface area contributed by atoms with E-state index >= 15 is 0 Å². The summed E-state index contributed by atoms with van der Waals surface area (Å²) in [4.78, 5) is 12.9. The third-order valence-electron chi connectivity index (χ3n) is 2.98. The standard InChI is InChI=1S/C11H19F3N2O/c1-2-3-6-15-10(17)16-7-4-5-9(8-16)11(12,13)14/h9H,2-8H2,1H3,(H,15,17). The van der Waals surface area contributed by atoms with Crippen LogP contribution in [-0.2, 0) is 0 Å². The van der Waals surface area contributed by atoms with Gasteiger partial charge >= 0.3 is 12.2 Å². The van der Waals surface area contributed by atoms with Crippen LogP contribution in [0.15, 0.2) is 0 Å². The van der Waals surface area contributed by atoms with Gasteiger partial charge in [-0.05, 0) is 19.3 Å². The monoisotopic (exact) mass is 252 g/mol. The molecule has 1 N–H and O–H groups in total. The Bertz CT molecular complexity index is 256. The Labute approximate surface area is 99.4 Å². The van der Waals surface area contributed by atoms with Crippen LogP contribution >= 0.6 is 0 Å². The fraction of sp³-hybridized carbons (Fsp3) is 0.909. The molecule has 17 heavy (non-hydrogen) atoms. The van der Waals surface area contributed by atoms with Gasteiger partial charge in [0.1, 0.15) is 0 Å². The number of hydrogen-bond acceptors (Lipinski definition) is 1. The molecule has 6 heteroatoms. The number of hydrogen-bond donors (Lipinski definition) is 1. The quantitative estimate of drug-likeness (QED) is 0.770. The molecule has 1 aliphatic heterocycles. The van der Waals surface area contributed by atoms with E-state index in [1.54, 1.807) is 0 Å². The van der Waals surface area contributed by atoms with E-state index in [1.165, 1.54) is 4.90 Å². The largest absolute Gasteiger partial charge is 0.393 e. The molecule has 1 heterocycles. The Morgan fingerprint density at radius 2 is 2.18 bits per heavy atom. The fourth-order valence-corrected chi connectivity index (χ4v) is 1.91. The van der Waals surface area contributed by atoms with Crippen molar-refractivity contribution in [2.24, 2.45) is 5.92 Å². The molecule has 100 valence electrons. The second-order valence-electron chi connectivity index (χ2n) is 4.41. The number of piperidine rings is 1. The summed E-state index contributed by atoms with van der Waals surface area (Å²) in [6.45, 7) is 2.74. The van der Waals surface area contributed by atoms with Gasteiger partial charge in [-0.15, -0.1) is 0 Å². The zero-order valence-electron chi connectivity index (χ0n) is 10.0. The molecule has 0 bridgehead atoms. The number of nitrogens with zero attached hydrogens (tertiary/aromatic N) is 1. The molecule has 1 aliphatic rings. The van der Waals surface area contributed by atoms with Crippen LogP contribution in [0.25, 0.3) is 0 Å². The van der Waals surface area contributed by atoms with Crippen LogP contribution in [0.4, 0.5) is 18.0 Å². The number of likely N-dealkylation sites (tertiary alicyclic amines) is 1. The van der Waals surface area contributed by atoms with Crippen molar-refractivity contribution in [3.8, 4) is 0 Å². The van der Waals surface area contributed by atoms with Gasteiger partial charge in [-0.3, -0.25) is 0 Å². The van der Waals surface area contributed by atoms with Crippen molar-refractivity contribution >= 4 is 6.03 Å². The zero-order chi connectivity index (χ0) is 12.9. The summed E-state index contributed by atoms with van der Waals surface area (Å²) < 4.78 is 37.6. The van der Waals surface area contributed by atoms with Gasteiger partial charge in [0.25, 0.3) is 0 Å². The molecule has 3 nitrogen and oxygen atoms in total. The van der Waals surface area contributed by atoms with E-state index < -0.39 is 12.1 Å². The van der Waals surface area contributed by atoms with Crippen LogP contribution in [0, 0.1) is 5.92 Å². The number of amides is 2. The Morgan fingerprint density at radius 3 is 2.76 bits per heavy atom. The van der Waals surface area contributed by atoms with Gasteiger partial charge in [0.15, 0.2) is 0 Å². The molecule has 0 aromatic heterocycles. The van der Waals surface area contributed by atoms with Gasteiger partial charge in [-0.2, -0.15) is 13.2 Å². The third kappa shape index (κ3) is 4.44. The van der Waals surface area contributed by atoms with Crippen molar-refractivity contribution in [2.75, 3.05) is 19.6 Å².